The van der Waals surface area contributed by atoms with Crippen LogP contribution in [0.3, 0.4) is 0 Å². The highest BCUT2D eigenvalue weighted by atomic mass is 35.5. The number of hydrogen-bond donors (Lipinski definition) is 0. The third kappa shape index (κ3) is 2.34. The Morgan fingerprint density at radius 2 is 1.58 bits per heavy atom. The summed E-state index contributed by atoms with van der Waals surface area (Å²) in [6.07, 6.45) is 1.74. The molecule has 0 spiro atoms. The van der Waals surface area contributed by atoms with E-state index >= 15 is 0 Å². The van der Waals surface area contributed by atoms with Gasteiger partial charge in [0.05, 0.1) is 22.7 Å². The number of nitrogens with zero attached hydrogens (tertiary/aromatic N) is 2. The van der Waals surface area contributed by atoms with Crippen LogP contribution in [-0.2, 0) is 0 Å². The molecule has 3 aromatic rings. The van der Waals surface area contributed by atoms with E-state index in [9.17, 15) is 0 Å². The molecule has 2 nitrogen and oxygen atoms in total. The summed E-state index contributed by atoms with van der Waals surface area (Å²) in [5.74, 6) is 0. The summed E-state index contributed by atoms with van der Waals surface area (Å²) < 4.78 is 1.90. The Balaban J connectivity index is 1.98. The van der Waals surface area contributed by atoms with Crippen LogP contribution >= 0.6 is 23.2 Å². The monoisotopic (exact) mass is 290 g/mol. The molecule has 0 aliphatic heterocycles. The molecule has 0 saturated carbocycles. The van der Waals surface area contributed by atoms with Crippen molar-refractivity contribution in [3.63, 3.8) is 0 Å². The van der Waals surface area contributed by atoms with Gasteiger partial charge in [-0.1, -0.05) is 54.1 Å². The van der Waals surface area contributed by atoms with Crippen LogP contribution in [0.1, 0.15) is 16.4 Å². The average molecular weight is 291 g/mol. The Morgan fingerprint density at radius 3 is 2.37 bits per heavy atom. The van der Waals surface area contributed by atoms with E-state index in [-0.39, 0.29) is 10.9 Å². The van der Waals surface area contributed by atoms with Crippen LogP contribution in [-0.4, -0.2) is 9.55 Å². The van der Waals surface area contributed by atoms with Crippen LogP contribution in [0.4, 0.5) is 0 Å². The number of benzene rings is 2. The molecule has 0 saturated heterocycles. The highest BCUT2D eigenvalue weighted by Crippen LogP contribution is 2.37. The zero-order chi connectivity index (χ0) is 13.2. The van der Waals surface area contributed by atoms with Crippen LogP contribution in [0.15, 0.2) is 60.9 Å². The Labute approximate surface area is 121 Å². The fourth-order valence-corrected chi connectivity index (χ4v) is 2.68. The summed E-state index contributed by atoms with van der Waals surface area (Å²) in [6, 6.07) is 17.7. The van der Waals surface area contributed by atoms with Gasteiger partial charge in [-0.25, -0.2) is 4.98 Å². The van der Waals surface area contributed by atoms with E-state index < -0.39 is 0 Å². The minimum absolute atomic E-state index is 0.305. The largest absolute Gasteiger partial charge is 0.311 e. The zero-order valence-corrected chi connectivity index (χ0v) is 11.6. The molecule has 0 radical (unpaired) electrons. The van der Waals surface area contributed by atoms with Crippen molar-refractivity contribution in [2.75, 3.05) is 0 Å². The summed E-state index contributed by atoms with van der Waals surface area (Å²) in [5, 5.41) is -0.305. The molecule has 0 aliphatic rings. The van der Waals surface area contributed by atoms with Gasteiger partial charge >= 0.3 is 0 Å². The van der Waals surface area contributed by atoms with Gasteiger partial charge in [0.1, 0.15) is 5.50 Å². The van der Waals surface area contributed by atoms with E-state index in [1.165, 1.54) is 0 Å². The third-order valence-corrected chi connectivity index (χ3v) is 4.19. The Kier molecular flexibility index (Phi) is 3.45. The second-order valence-electron chi connectivity index (χ2n) is 4.33. The Bertz CT molecular complexity index is 679. The molecule has 0 bridgehead atoms. The lowest BCUT2D eigenvalue weighted by Crippen LogP contribution is -2.07. The van der Waals surface area contributed by atoms with Crippen LogP contribution in [0.5, 0.6) is 0 Å². The first-order chi connectivity index (χ1) is 9.27. The smallest absolute Gasteiger partial charge is 0.130 e. The number of fused-ring (bicyclic) bond motifs is 1. The lowest BCUT2D eigenvalue weighted by Gasteiger charge is -2.18. The van der Waals surface area contributed by atoms with Crippen molar-refractivity contribution in [2.24, 2.45) is 0 Å². The maximum atomic E-state index is 6.50. The van der Waals surface area contributed by atoms with E-state index in [2.05, 4.69) is 4.98 Å². The lowest BCUT2D eigenvalue weighted by atomic mass is 10.1. The van der Waals surface area contributed by atoms with Crippen molar-refractivity contribution in [1.29, 1.82) is 0 Å². The van der Waals surface area contributed by atoms with Crippen molar-refractivity contribution in [2.45, 2.75) is 10.9 Å². The quantitative estimate of drug-likeness (QED) is 0.636. The first-order valence-electron chi connectivity index (χ1n) is 6.02. The Hall–Kier alpha value is -1.51. The Morgan fingerprint density at radius 1 is 0.895 bits per heavy atom. The first-order valence-corrected chi connectivity index (χ1v) is 6.89. The fourth-order valence-electron chi connectivity index (χ4n) is 2.11. The summed E-state index contributed by atoms with van der Waals surface area (Å²) in [7, 11) is 0. The molecule has 1 aromatic heterocycles. The van der Waals surface area contributed by atoms with E-state index in [0.717, 1.165) is 16.6 Å². The second kappa shape index (κ2) is 5.24. The number of imidazole rings is 1. The minimum atomic E-state index is -0.378. The molecule has 0 aliphatic carbocycles. The molecule has 19 heavy (non-hydrogen) atoms. The van der Waals surface area contributed by atoms with Crippen LogP contribution < -0.4 is 0 Å². The molecule has 2 aromatic carbocycles. The maximum Gasteiger partial charge on any atom is 0.130 e. The van der Waals surface area contributed by atoms with E-state index in [1.807, 2.05) is 59.2 Å². The highest BCUT2D eigenvalue weighted by molar-refractivity contribution is 6.29. The number of hydrogen-bond acceptors (Lipinski definition) is 1. The van der Waals surface area contributed by atoms with Crippen molar-refractivity contribution in [3.05, 3.63) is 66.5 Å². The standard InChI is InChI=1S/C15H12Cl2N2/c16-14(11-6-2-1-3-7-11)15(17)19-10-18-12-8-4-5-9-13(12)19/h1-10,14-15H. The normalized spacial score (nSPS) is 14.4. The molecule has 2 unspecified atom stereocenters. The number of para-hydroxylation sites is 2. The first kappa shape index (κ1) is 12.5. The van der Waals surface area contributed by atoms with E-state index in [4.69, 9.17) is 23.2 Å². The minimum Gasteiger partial charge on any atom is -0.311 e. The SMILES string of the molecule is ClC(c1ccccc1)C(Cl)n1cnc2ccccc21. The van der Waals surface area contributed by atoms with Gasteiger partial charge in [-0.3, -0.25) is 0 Å². The number of aromatic nitrogens is 2. The molecule has 0 N–H and O–H groups in total. The lowest BCUT2D eigenvalue weighted by molar-refractivity contribution is 0.662. The van der Waals surface area contributed by atoms with Crippen molar-refractivity contribution >= 4 is 34.2 Å². The highest BCUT2D eigenvalue weighted by Gasteiger charge is 2.21. The predicted octanol–water partition coefficient (Wildman–Crippen LogP) is 4.75. The van der Waals surface area contributed by atoms with Gasteiger partial charge in [0.15, 0.2) is 0 Å². The molecule has 4 heteroatoms. The van der Waals surface area contributed by atoms with Gasteiger partial charge in [-0.2, -0.15) is 0 Å². The van der Waals surface area contributed by atoms with Gasteiger partial charge in [0.2, 0.25) is 0 Å². The van der Waals surface area contributed by atoms with Crippen LogP contribution in [0.2, 0.25) is 0 Å². The number of halogens is 2. The molecule has 3 rings (SSSR count). The van der Waals surface area contributed by atoms with E-state index in [1.54, 1.807) is 6.33 Å². The van der Waals surface area contributed by atoms with Gasteiger partial charge in [0.25, 0.3) is 0 Å². The molecule has 2 atom stereocenters. The summed E-state index contributed by atoms with van der Waals surface area (Å²) >= 11 is 13.0. The number of alkyl halides is 2. The summed E-state index contributed by atoms with van der Waals surface area (Å²) in [4.78, 5) is 4.34. The number of rotatable bonds is 3. The molecular weight excluding hydrogens is 279 g/mol. The van der Waals surface area contributed by atoms with Crippen LogP contribution in [0, 0.1) is 0 Å². The van der Waals surface area contributed by atoms with Gasteiger partial charge < -0.3 is 4.57 Å². The topological polar surface area (TPSA) is 17.8 Å². The molecule has 0 fully saturated rings. The van der Waals surface area contributed by atoms with Gasteiger partial charge in [-0.15, -0.1) is 11.6 Å². The fraction of sp³-hybridized carbons (Fsp3) is 0.133. The molecule has 1 heterocycles. The predicted molar refractivity (Wildman–Crippen MR) is 79.7 cm³/mol. The second-order valence-corrected chi connectivity index (χ2v) is 5.24. The third-order valence-electron chi connectivity index (χ3n) is 3.11. The van der Waals surface area contributed by atoms with E-state index in [0.29, 0.717) is 0 Å². The van der Waals surface area contributed by atoms with Crippen molar-refractivity contribution in [1.82, 2.24) is 9.55 Å². The molecule has 96 valence electrons. The maximum absolute atomic E-state index is 6.50. The van der Waals surface area contributed by atoms with Crippen molar-refractivity contribution in [3.8, 4) is 0 Å². The average Bonchev–Trinajstić information content (AvgIpc) is 2.90. The summed E-state index contributed by atoms with van der Waals surface area (Å²) in [6.45, 7) is 0. The molecule has 0 amide bonds. The zero-order valence-electron chi connectivity index (χ0n) is 10.1. The summed E-state index contributed by atoms with van der Waals surface area (Å²) in [5.41, 5.74) is 2.53. The van der Waals surface area contributed by atoms with Crippen molar-refractivity contribution < 1.29 is 0 Å². The molecular formula is C15H12Cl2N2. The van der Waals surface area contributed by atoms with Crippen LogP contribution in [0.25, 0.3) is 11.0 Å². The van der Waals surface area contributed by atoms with Gasteiger partial charge in [0, 0.05) is 0 Å². The van der Waals surface area contributed by atoms with Gasteiger partial charge in [-0.05, 0) is 17.7 Å².